The Morgan fingerprint density at radius 3 is 2.40 bits per heavy atom. The second-order valence-corrected chi connectivity index (χ2v) is 3.89. The molecule has 0 unspecified atom stereocenters. The highest BCUT2D eigenvalue weighted by Gasteiger charge is 2.04. The minimum atomic E-state index is 0.00357. The highest BCUT2D eigenvalue weighted by molar-refractivity contribution is 5.91. The number of carbonyl (C=O) groups is 2. The number of hydrogen-bond acceptors (Lipinski definition) is 2. The Morgan fingerprint density at radius 1 is 1.33 bits per heavy atom. The van der Waals surface area contributed by atoms with Gasteiger partial charge in [0.05, 0.1) is 0 Å². The third-order valence-corrected chi connectivity index (χ3v) is 1.92. The molecule has 3 nitrogen and oxygen atoms in total. The van der Waals surface area contributed by atoms with E-state index in [0.717, 1.165) is 12.0 Å². The Balaban J connectivity index is 2.57. The van der Waals surface area contributed by atoms with Gasteiger partial charge in [-0.1, -0.05) is 13.8 Å². The fourth-order valence-electron chi connectivity index (χ4n) is 1.23. The van der Waals surface area contributed by atoms with Crippen molar-refractivity contribution in [2.45, 2.75) is 20.3 Å². The van der Waals surface area contributed by atoms with Gasteiger partial charge in [0, 0.05) is 17.7 Å². The van der Waals surface area contributed by atoms with Crippen LogP contribution in [0.15, 0.2) is 24.3 Å². The lowest BCUT2D eigenvalue weighted by molar-refractivity contribution is -0.116. The quantitative estimate of drug-likeness (QED) is 0.767. The average Bonchev–Trinajstić information content (AvgIpc) is 2.17. The fourth-order valence-corrected chi connectivity index (χ4v) is 1.23. The zero-order valence-corrected chi connectivity index (χ0v) is 8.99. The first-order chi connectivity index (χ1) is 7.11. The van der Waals surface area contributed by atoms with Crippen LogP contribution in [0.4, 0.5) is 5.69 Å². The topological polar surface area (TPSA) is 46.2 Å². The number of hydrogen-bond donors (Lipinski definition) is 1. The Kier molecular flexibility index (Phi) is 4.03. The summed E-state index contributed by atoms with van der Waals surface area (Å²) >= 11 is 0. The van der Waals surface area contributed by atoms with Gasteiger partial charge in [-0.2, -0.15) is 0 Å². The summed E-state index contributed by atoms with van der Waals surface area (Å²) in [5.74, 6) is 0.350. The van der Waals surface area contributed by atoms with Crippen LogP contribution in [0.25, 0.3) is 0 Å². The summed E-state index contributed by atoms with van der Waals surface area (Å²) < 4.78 is 0. The Hall–Kier alpha value is -1.64. The summed E-state index contributed by atoms with van der Waals surface area (Å²) in [6, 6.07) is 6.81. The van der Waals surface area contributed by atoms with Gasteiger partial charge < -0.3 is 5.32 Å². The summed E-state index contributed by atoms with van der Waals surface area (Å²) in [5, 5.41) is 2.77. The van der Waals surface area contributed by atoms with Gasteiger partial charge in [0.15, 0.2) is 0 Å². The number of carbonyl (C=O) groups excluding carboxylic acids is 2. The van der Waals surface area contributed by atoms with Crippen LogP contribution in [0.5, 0.6) is 0 Å². The van der Waals surface area contributed by atoms with Gasteiger partial charge in [0.1, 0.15) is 6.29 Å². The van der Waals surface area contributed by atoms with Gasteiger partial charge in [-0.3, -0.25) is 9.59 Å². The second-order valence-electron chi connectivity index (χ2n) is 3.89. The molecule has 0 saturated carbocycles. The highest BCUT2D eigenvalue weighted by Crippen LogP contribution is 2.09. The van der Waals surface area contributed by atoms with E-state index >= 15 is 0 Å². The van der Waals surface area contributed by atoms with Crippen molar-refractivity contribution < 1.29 is 9.59 Å². The van der Waals surface area contributed by atoms with Crippen molar-refractivity contribution in [3.8, 4) is 0 Å². The van der Waals surface area contributed by atoms with Crippen LogP contribution >= 0.6 is 0 Å². The molecule has 0 aliphatic carbocycles. The summed E-state index contributed by atoms with van der Waals surface area (Å²) in [6.07, 6.45) is 1.29. The third-order valence-electron chi connectivity index (χ3n) is 1.92. The van der Waals surface area contributed by atoms with Crippen molar-refractivity contribution in [1.82, 2.24) is 0 Å². The zero-order valence-electron chi connectivity index (χ0n) is 8.99. The van der Waals surface area contributed by atoms with Crippen LogP contribution < -0.4 is 5.32 Å². The van der Waals surface area contributed by atoms with E-state index in [0.29, 0.717) is 17.9 Å². The van der Waals surface area contributed by atoms with Crippen molar-refractivity contribution >= 4 is 17.9 Å². The van der Waals surface area contributed by atoms with Crippen molar-refractivity contribution in [3.05, 3.63) is 29.8 Å². The number of amides is 1. The number of aldehydes is 1. The van der Waals surface area contributed by atoms with Crippen LogP contribution in [-0.2, 0) is 4.79 Å². The SMILES string of the molecule is CC(C)CC(=O)Nc1ccc(C=O)cc1. The van der Waals surface area contributed by atoms with E-state index in [2.05, 4.69) is 5.32 Å². The Bertz CT molecular complexity index is 341. The van der Waals surface area contributed by atoms with Crippen molar-refractivity contribution in [2.75, 3.05) is 5.32 Å². The van der Waals surface area contributed by atoms with Gasteiger partial charge in [0.2, 0.25) is 5.91 Å². The molecule has 1 aromatic rings. The summed E-state index contributed by atoms with van der Waals surface area (Å²) in [7, 11) is 0. The first kappa shape index (κ1) is 11.4. The molecule has 0 aromatic heterocycles. The van der Waals surface area contributed by atoms with E-state index in [1.165, 1.54) is 0 Å². The summed E-state index contributed by atoms with van der Waals surface area (Å²) in [5.41, 5.74) is 1.34. The molecule has 0 saturated heterocycles. The van der Waals surface area contributed by atoms with Crippen molar-refractivity contribution in [1.29, 1.82) is 0 Å². The Morgan fingerprint density at radius 2 is 1.93 bits per heavy atom. The molecule has 0 aliphatic heterocycles. The molecule has 0 heterocycles. The molecule has 0 bridgehead atoms. The maximum absolute atomic E-state index is 11.4. The molecule has 3 heteroatoms. The number of rotatable bonds is 4. The molecule has 1 amide bonds. The molecular formula is C12H15NO2. The standard InChI is InChI=1S/C12H15NO2/c1-9(2)7-12(15)13-11-5-3-10(8-14)4-6-11/h3-6,8-9H,7H2,1-2H3,(H,13,15). The van der Waals surface area contributed by atoms with Crippen LogP contribution in [0, 0.1) is 5.92 Å². The summed E-state index contributed by atoms with van der Waals surface area (Å²) in [6.45, 7) is 3.99. The monoisotopic (exact) mass is 205 g/mol. The molecule has 0 aliphatic rings. The predicted octanol–water partition coefficient (Wildman–Crippen LogP) is 2.48. The smallest absolute Gasteiger partial charge is 0.224 e. The molecule has 1 aromatic carbocycles. The molecule has 0 atom stereocenters. The molecule has 0 fully saturated rings. The van der Waals surface area contributed by atoms with Crippen LogP contribution in [0.3, 0.4) is 0 Å². The Labute approximate surface area is 89.5 Å². The molecule has 0 radical (unpaired) electrons. The minimum absolute atomic E-state index is 0.00357. The molecular weight excluding hydrogens is 190 g/mol. The molecule has 1 rings (SSSR count). The van der Waals surface area contributed by atoms with Gasteiger partial charge in [-0.15, -0.1) is 0 Å². The lowest BCUT2D eigenvalue weighted by Gasteiger charge is -2.06. The van der Waals surface area contributed by atoms with Crippen LogP contribution in [-0.4, -0.2) is 12.2 Å². The lowest BCUT2D eigenvalue weighted by atomic mass is 10.1. The number of nitrogens with one attached hydrogen (secondary N) is 1. The molecule has 80 valence electrons. The van der Waals surface area contributed by atoms with E-state index in [1.54, 1.807) is 24.3 Å². The first-order valence-corrected chi connectivity index (χ1v) is 4.97. The zero-order chi connectivity index (χ0) is 11.3. The molecule has 0 spiro atoms. The van der Waals surface area contributed by atoms with Crippen LogP contribution in [0.1, 0.15) is 30.6 Å². The average molecular weight is 205 g/mol. The number of benzene rings is 1. The number of anilines is 1. The van der Waals surface area contributed by atoms with Gasteiger partial charge in [-0.05, 0) is 30.2 Å². The van der Waals surface area contributed by atoms with Crippen molar-refractivity contribution in [3.63, 3.8) is 0 Å². The van der Waals surface area contributed by atoms with Gasteiger partial charge in [0.25, 0.3) is 0 Å². The van der Waals surface area contributed by atoms with Crippen LogP contribution in [0.2, 0.25) is 0 Å². The lowest BCUT2D eigenvalue weighted by Crippen LogP contribution is -2.13. The van der Waals surface area contributed by atoms with Gasteiger partial charge >= 0.3 is 0 Å². The van der Waals surface area contributed by atoms with E-state index in [-0.39, 0.29) is 5.91 Å². The van der Waals surface area contributed by atoms with Crippen molar-refractivity contribution in [2.24, 2.45) is 5.92 Å². The van der Waals surface area contributed by atoms with Gasteiger partial charge in [-0.25, -0.2) is 0 Å². The third kappa shape index (κ3) is 3.94. The molecule has 15 heavy (non-hydrogen) atoms. The highest BCUT2D eigenvalue weighted by atomic mass is 16.1. The van der Waals surface area contributed by atoms with E-state index < -0.39 is 0 Å². The largest absolute Gasteiger partial charge is 0.326 e. The first-order valence-electron chi connectivity index (χ1n) is 4.97. The predicted molar refractivity (Wildman–Crippen MR) is 59.9 cm³/mol. The second kappa shape index (κ2) is 5.29. The maximum Gasteiger partial charge on any atom is 0.224 e. The van der Waals surface area contributed by atoms with E-state index in [1.807, 2.05) is 13.8 Å². The van der Waals surface area contributed by atoms with E-state index in [4.69, 9.17) is 0 Å². The minimum Gasteiger partial charge on any atom is -0.326 e. The fraction of sp³-hybridized carbons (Fsp3) is 0.333. The normalized spacial score (nSPS) is 10.1. The van der Waals surface area contributed by atoms with E-state index in [9.17, 15) is 9.59 Å². The molecule has 1 N–H and O–H groups in total. The maximum atomic E-state index is 11.4. The summed E-state index contributed by atoms with van der Waals surface area (Å²) in [4.78, 5) is 21.8.